The molecule has 0 saturated carbocycles. The monoisotopic (exact) mass is 274 g/mol. The molecule has 0 radical (unpaired) electrons. The average molecular weight is 274 g/mol. The molecular weight excluding hydrogens is 256 g/mol. The fourth-order valence-electron chi connectivity index (χ4n) is 2.04. The minimum Gasteiger partial charge on any atom is -0.496 e. The van der Waals surface area contributed by atoms with Crippen LogP contribution in [-0.4, -0.2) is 35.2 Å². The smallest absolute Gasteiger partial charge is 0.274 e. The third-order valence-corrected chi connectivity index (χ3v) is 3.37. The summed E-state index contributed by atoms with van der Waals surface area (Å²) in [5.74, 6) is 0.538. The SMILES string of the molecule is COc1ccccc1C(C)N(C)C(=O)c1[nH]ncc1N. The summed E-state index contributed by atoms with van der Waals surface area (Å²) in [7, 11) is 3.33. The highest BCUT2D eigenvalue weighted by Crippen LogP contribution is 2.29. The number of aromatic amines is 1. The summed E-state index contributed by atoms with van der Waals surface area (Å²) in [6.45, 7) is 1.93. The zero-order valence-corrected chi connectivity index (χ0v) is 11.8. The number of aromatic nitrogens is 2. The average Bonchev–Trinajstić information content (AvgIpc) is 2.91. The van der Waals surface area contributed by atoms with Crippen molar-refractivity contribution in [3.8, 4) is 5.75 Å². The van der Waals surface area contributed by atoms with Crippen molar-refractivity contribution >= 4 is 11.6 Å². The van der Waals surface area contributed by atoms with Gasteiger partial charge in [-0.1, -0.05) is 18.2 Å². The summed E-state index contributed by atoms with van der Waals surface area (Å²) >= 11 is 0. The van der Waals surface area contributed by atoms with E-state index >= 15 is 0 Å². The molecule has 1 aromatic heterocycles. The highest BCUT2D eigenvalue weighted by molar-refractivity contribution is 5.97. The first kappa shape index (κ1) is 13.9. The second-order valence-corrected chi connectivity index (χ2v) is 4.53. The normalized spacial score (nSPS) is 11.9. The molecule has 0 saturated heterocycles. The van der Waals surface area contributed by atoms with E-state index in [1.54, 1.807) is 19.1 Å². The lowest BCUT2D eigenvalue weighted by atomic mass is 10.1. The molecule has 1 atom stereocenters. The molecule has 106 valence electrons. The molecule has 0 aliphatic rings. The van der Waals surface area contributed by atoms with E-state index < -0.39 is 0 Å². The van der Waals surface area contributed by atoms with Crippen molar-refractivity contribution in [2.24, 2.45) is 0 Å². The number of amides is 1. The highest BCUT2D eigenvalue weighted by Gasteiger charge is 2.23. The molecule has 0 bridgehead atoms. The third kappa shape index (κ3) is 2.45. The largest absolute Gasteiger partial charge is 0.496 e. The molecule has 1 unspecified atom stereocenters. The fourth-order valence-corrected chi connectivity index (χ4v) is 2.04. The lowest BCUT2D eigenvalue weighted by Crippen LogP contribution is -2.30. The van der Waals surface area contributed by atoms with Crippen molar-refractivity contribution in [3.05, 3.63) is 41.7 Å². The van der Waals surface area contributed by atoms with Gasteiger partial charge in [0.05, 0.1) is 25.0 Å². The molecule has 6 heteroatoms. The van der Waals surface area contributed by atoms with Crippen molar-refractivity contribution in [1.29, 1.82) is 0 Å². The van der Waals surface area contributed by atoms with Gasteiger partial charge in [0, 0.05) is 12.6 Å². The Hall–Kier alpha value is -2.50. The van der Waals surface area contributed by atoms with Crippen LogP contribution in [0.3, 0.4) is 0 Å². The molecular formula is C14H18N4O2. The van der Waals surface area contributed by atoms with Crippen molar-refractivity contribution in [2.45, 2.75) is 13.0 Å². The zero-order chi connectivity index (χ0) is 14.7. The summed E-state index contributed by atoms with van der Waals surface area (Å²) in [6, 6.07) is 7.46. The quantitative estimate of drug-likeness (QED) is 0.891. The van der Waals surface area contributed by atoms with Gasteiger partial charge in [0.2, 0.25) is 0 Å². The van der Waals surface area contributed by atoms with E-state index in [1.165, 1.54) is 6.20 Å². The number of nitrogens with two attached hydrogens (primary N) is 1. The lowest BCUT2D eigenvalue weighted by molar-refractivity contribution is 0.0736. The molecule has 0 aliphatic heterocycles. The van der Waals surface area contributed by atoms with Gasteiger partial charge in [0.15, 0.2) is 0 Å². The number of H-pyrrole nitrogens is 1. The van der Waals surface area contributed by atoms with Crippen LogP contribution in [0.4, 0.5) is 5.69 Å². The Bertz CT molecular complexity index is 609. The minimum absolute atomic E-state index is 0.152. The van der Waals surface area contributed by atoms with Crippen LogP contribution in [0.15, 0.2) is 30.5 Å². The van der Waals surface area contributed by atoms with E-state index in [0.29, 0.717) is 11.4 Å². The van der Waals surface area contributed by atoms with Gasteiger partial charge in [-0.15, -0.1) is 0 Å². The number of rotatable bonds is 4. The number of carbonyl (C=O) groups is 1. The van der Waals surface area contributed by atoms with Gasteiger partial charge in [-0.3, -0.25) is 9.89 Å². The molecule has 1 heterocycles. The minimum atomic E-state index is -0.210. The van der Waals surface area contributed by atoms with Gasteiger partial charge < -0.3 is 15.4 Å². The molecule has 3 N–H and O–H groups in total. The Morgan fingerprint density at radius 1 is 1.45 bits per heavy atom. The number of methoxy groups -OCH3 is 1. The standard InChI is InChI=1S/C14H18N4O2/c1-9(10-6-4-5-7-12(10)20-3)18(2)14(19)13-11(15)8-16-17-13/h4-9H,15H2,1-3H3,(H,16,17). The lowest BCUT2D eigenvalue weighted by Gasteiger charge is -2.26. The number of para-hydroxylation sites is 1. The first-order valence-electron chi connectivity index (χ1n) is 6.25. The number of nitrogens with zero attached hydrogens (tertiary/aromatic N) is 2. The zero-order valence-electron chi connectivity index (χ0n) is 11.8. The molecule has 0 fully saturated rings. The van der Waals surface area contributed by atoms with E-state index in [9.17, 15) is 4.79 Å². The Balaban J connectivity index is 2.27. The Labute approximate surface area is 117 Å². The van der Waals surface area contributed by atoms with E-state index in [0.717, 1.165) is 11.3 Å². The van der Waals surface area contributed by atoms with Crippen molar-refractivity contribution < 1.29 is 9.53 Å². The predicted molar refractivity (Wildman–Crippen MR) is 76.5 cm³/mol. The molecule has 1 aromatic carbocycles. The van der Waals surface area contributed by atoms with Crippen molar-refractivity contribution in [3.63, 3.8) is 0 Å². The Morgan fingerprint density at radius 2 is 2.15 bits per heavy atom. The predicted octanol–water partition coefficient (Wildman–Crippen LogP) is 1.83. The van der Waals surface area contributed by atoms with Gasteiger partial charge in [-0.05, 0) is 13.0 Å². The number of ether oxygens (including phenoxy) is 1. The number of benzene rings is 1. The number of hydrogen-bond acceptors (Lipinski definition) is 4. The molecule has 2 aromatic rings. The van der Waals surface area contributed by atoms with Gasteiger partial charge in [0.25, 0.3) is 5.91 Å². The summed E-state index contributed by atoms with van der Waals surface area (Å²) in [4.78, 5) is 14.0. The molecule has 0 spiro atoms. The molecule has 0 aliphatic carbocycles. The second-order valence-electron chi connectivity index (χ2n) is 4.53. The third-order valence-electron chi connectivity index (χ3n) is 3.37. The van der Waals surface area contributed by atoms with Crippen molar-refractivity contribution in [2.75, 3.05) is 19.9 Å². The van der Waals surface area contributed by atoms with E-state index in [2.05, 4.69) is 10.2 Å². The Morgan fingerprint density at radius 3 is 2.75 bits per heavy atom. The van der Waals surface area contributed by atoms with Gasteiger partial charge in [0.1, 0.15) is 11.4 Å². The van der Waals surface area contributed by atoms with E-state index in [1.807, 2.05) is 31.2 Å². The van der Waals surface area contributed by atoms with Crippen molar-refractivity contribution in [1.82, 2.24) is 15.1 Å². The van der Waals surface area contributed by atoms with Crippen LogP contribution in [0.2, 0.25) is 0 Å². The molecule has 6 nitrogen and oxygen atoms in total. The van der Waals surface area contributed by atoms with Crippen LogP contribution in [-0.2, 0) is 0 Å². The highest BCUT2D eigenvalue weighted by atomic mass is 16.5. The number of nitrogen functional groups attached to an aromatic ring is 1. The van der Waals surface area contributed by atoms with Crippen LogP contribution in [0.1, 0.15) is 29.0 Å². The van der Waals surface area contributed by atoms with Gasteiger partial charge in [-0.2, -0.15) is 5.10 Å². The van der Waals surface area contributed by atoms with Gasteiger partial charge >= 0.3 is 0 Å². The van der Waals surface area contributed by atoms with E-state index in [4.69, 9.17) is 10.5 Å². The number of carbonyl (C=O) groups excluding carboxylic acids is 1. The first-order chi connectivity index (χ1) is 9.56. The first-order valence-corrected chi connectivity index (χ1v) is 6.25. The summed E-state index contributed by atoms with van der Waals surface area (Å²) in [5, 5.41) is 6.39. The molecule has 20 heavy (non-hydrogen) atoms. The van der Waals surface area contributed by atoms with Crippen LogP contribution in [0, 0.1) is 0 Å². The number of hydrogen-bond donors (Lipinski definition) is 2. The van der Waals surface area contributed by atoms with Crippen LogP contribution < -0.4 is 10.5 Å². The van der Waals surface area contributed by atoms with E-state index in [-0.39, 0.29) is 11.9 Å². The number of nitrogens with one attached hydrogen (secondary N) is 1. The topological polar surface area (TPSA) is 84.2 Å². The Kier molecular flexibility index (Phi) is 3.93. The molecule has 1 amide bonds. The molecule has 2 rings (SSSR count). The second kappa shape index (κ2) is 5.64. The van der Waals surface area contributed by atoms with Crippen LogP contribution in [0.5, 0.6) is 5.75 Å². The summed E-state index contributed by atoms with van der Waals surface area (Å²) in [6.07, 6.45) is 1.43. The number of anilines is 1. The summed E-state index contributed by atoms with van der Waals surface area (Å²) < 4.78 is 5.33. The fraction of sp³-hybridized carbons (Fsp3) is 0.286. The maximum Gasteiger partial charge on any atom is 0.274 e. The summed E-state index contributed by atoms with van der Waals surface area (Å²) in [5.41, 5.74) is 7.28. The van der Waals surface area contributed by atoms with Crippen LogP contribution in [0.25, 0.3) is 0 Å². The van der Waals surface area contributed by atoms with Gasteiger partial charge in [-0.25, -0.2) is 0 Å². The maximum atomic E-state index is 12.4. The van der Waals surface area contributed by atoms with Crippen LogP contribution >= 0.6 is 0 Å². The maximum absolute atomic E-state index is 12.4.